The number of sulfonamides is 1. The van der Waals surface area contributed by atoms with Gasteiger partial charge in [-0.15, -0.1) is 11.8 Å². The fourth-order valence-corrected chi connectivity index (χ4v) is 6.98. The van der Waals surface area contributed by atoms with Gasteiger partial charge in [0.1, 0.15) is 24.2 Å². The van der Waals surface area contributed by atoms with Crippen LogP contribution in [0.2, 0.25) is 0 Å². The van der Waals surface area contributed by atoms with E-state index in [4.69, 9.17) is 4.74 Å². The maximum Gasteiger partial charge on any atom is 0.264 e. The molecule has 1 N–H and O–H groups in total. The molecular formula is C37H42FN3O5S2. The Morgan fingerprint density at radius 1 is 0.896 bits per heavy atom. The van der Waals surface area contributed by atoms with E-state index >= 15 is 4.39 Å². The summed E-state index contributed by atoms with van der Waals surface area (Å²) in [6.07, 6.45) is 2.00. The van der Waals surface area contributed by atoms with E-state index in [2.05, 4.69) is 5.32 Å². The zero-order valence-electron chi connectivity index (χ0n) is 27.9. The summed E-state index contributed by atoms with van der Waals surface area (Å²) in [6.45, 7) is 6.56. The lowest BCUT2D eigenvalue weighted by atomic mass is 10.0. The first-order valence-corrected chi connectivity index (χ1v) is 18.3. The fraction of sp³-hybridized carbons (Fsp3) is 0.297. The normalized spacial score (nSPS) is 12.2. The Labute approximate surface area is 287 Å². The van der Waals surface area contributed by atoms with Crippen molar-refractivity contribution in [1.29, 1.82) is 0 Å². The molecule has 0 saturated carbocycles. The van der Waals surface area contributed by atoms with Gasteiger partial charge in [0.2, 0.25) is 11.8 Å². The molecule has 1 atom stereocenters. The van der Waals surface area contributed by atoms with Crippen LogP contribution in [0.15, 0.2) is 113 Å². The van der Waals surface area contributed by atoms with Gasteiger partial charge in [-0.25, -0.2) is 12.8 Å². The lowest BCUT2D eigenvalue weighted by Crippen LogP contribution is -2.56. The lowest BCUT2D eigenvalue weighted by molar-refractivity contribution is -0.140. The third-order valence-corrected chi connectivity index (χ3v) is 9.95. The summed E-state index contributed by atoms with van der Waals surface area (Å²) >= 11 is 1.47. The number of benzene rings is 4. The first kappa shape index (κ1) is 36.5. The number of para-hydroxylation sites is 2. The van der Waals surface area contributed by atoms with Crippen molar-refractivity contribution in [3.05, 3.63) is 120 Å². The number of carbonyl (C=O) groups is 2. The average molecular weight is 692 g/mol. The van der Waals surface area contributed by atoms with Crippen molar-refractivity contribution in [2.24, 2.45) is 0 Å². The van der Waals surface area contributed by atoms with Gasteiger partial charge in [0, 0.05) is 29.0 Å². The van der Waals surface area contributed by atoms with Gasteiger partial charge in [-0.1, -0.05) is 60.7 Å². The second-order valence-electron chi connectivity index (χ2n) is 12.1. The number of anilines is 1. The summed E-state index contributed by atoms with van der Waals surface area (Å²) in [4.78, 5) is 30.8. The average Bonchev–Trinajstić information content (AvgIpc) is 3.06. The second kappa shape index (κ2) is 16.2. The third kappa shape index (κ3) is 9.38. The van der Waals surface area contributed by atoms with E-state index in [0.29, 0.717) is 0 Å². The number of rotatable bonds is 14. The zero-order chi connectivity index (χ0) is 34.9. The first-order chi connectivity index (χ1) is 22.8. The number of ether oxygens (including phenoxy) is 1. The highest BCUT2D eigenvalue weighted by Gasteiger charge is 2.36. The van der Waals surface area contributed by atoms with Crippen molar-refractivity contribution in [3.63, 3.8) is 0 Å². The second-order valence-corrected chi connectivity index (χ2v) is 14.9. The summed E-state index contributed by atoms with van der Waals surface area (Å²) in [5.41, 5.74) is 0.474. The van der Waals surface area contributed by atoms with Gasteiger partial charge < -0.3 is 15.0 Å². The van der Waals surface area contributed by atoms with Crippen molar-refractivity contribution >= 4 is 39.3 Å². The molecule has 48 heavy (non-hydrogen) atoms. The van der Waals surface area contributed by atoms with Gasteiger partial charge in [0.25, 0.3) is 10.0 Å². The third-order valence-electron chi connectivity index (χ3n) is 7.43. The van der Waals surface area contributed by atoms with E-state index in [1.54, 1.807) is 61.5 Å². The maximum absolute atomic E-state index is 15.2. The SMILES string of the molecule is CCOc1ccccc1N(CC(=O)N(Cc1ccccc1F)[C@H](Cc1ccccc1)C(=O)NC(C)(C)C)S(=O)(=O)c1ccc(SC)cc1. The minimum absolute atomic E-state index is 0.0219. The minimum atomic E-state index is -4.34. The summed E-state index contributed by atoms with van der Waals surface area (Å²) in [6, 6.07) is 27.1. The predicted molar refractivity (Wildman–Crippen MR) is 189 cm³/mol. The van der Waals surface area contributed by atoms with Crippen molar-refractivity contribution < 1.29 is 27.1 Å². The number of nitrogens with one attached hydrogen (secondary N) is 1. The molecule has 0 bridgehead atoms. The molecular weight excluding hydrogens is 650 g/mol. The van der Waals surface area contributed by atoms with E-state index in [1.807, 2.05) is 57.4 Å². The van der Waals surface area contributed by atoms with Crippen molar-refractivity contribution in [1.82, 2.24) is 10.2 Å². The first-order valence-electron chi connectivity index (χ1n) is 15.6. The van der Waals surface area contributed by atoms with E-state index in [1.165, 1.54) is 34.9 Å². The topological polar surface area (TPSA) is 96.0 Å². The van der Waals surface area contributed by atoms with Crippen LogP contribution >= 0.6 is 11.8 Å². The predicted octanol–water partition coefficient (Wildman–Crippen LogP) is 6.70. The lowest BCUT2D eigenvalue weighted by Gasteiger charge is -2.35. The van der Waals surface area contributed by atoms with Gasteiger partial charge in [0.15, 0.2) is 0 Å². The van der Waals surface area contributed by atoms with Gasteiger partial charge in [-0.3, -0.25) is 13.9 Å². The van der Waals surface area contributed by atoms with Crippen LogP contribution in [0.4, 0.5) is 10.1 Å². The summed E-state index contributed by atoms with van der Waals surface area (Å²) < 4.78 is 50.8. The van der Waals surface area contributed by atoms with Gasteiger partial charge in [-0.2, -0.15) is 0 Å². The Morgan fingerprint density at radius 3 is 2.15 bits per heavy atom. The molecule has 4 rings (SSSR count). The Morgan fingerprint density at radius 2 is 1.52 bits per heavy atom. The smallest absolute Gasteiger partial charge is 0.264 e. The number of halogens is 1. The van der Waals surface area contributed by atoms with Crippen LogP contribution in [0.5, 0.6) is 5.75 Å². The molecule has 0 unspecified atom stereocenters. The highest BCUT2D eigenvalue weighted by atomic mass is 32.2. The monoisotopic (exact) mass is 691 g/mol. The molecule has 4 aromatic rings. The molecule has 0 radical (unpaired) electrons. The van der Waals surface area contributed by atoms with E-state index < -0.39 is 45.8 Å². The van der Waals surface area contributed by atoms with E-state index in [0.717, 1.165) is 14.8 Å². The van der Waals surface area contributed by atoms with Crippen molar-refractivity contribution in [2.75, 3.05) is 23.7 Å². The number of amides is 2. The molecule has 0 saturated heterocycles. The Balaban J connectivity index is 1.86. The Hall–Kier alpha value is -4.35. The number of carbonyl (C=O) groups excluding carboxylic acids is 2. The van der Waals surface area contributed by atoms with E-state index in [-0.39, 0.29) is 41.5 Å². The van der Waals surface area contributed by atoms with Crippen LogP contribution in [0, 0.1) is 5.82 Å². The van der Waals surface area contributed by atoms with Crippen LogP contribution < -0.4 is 14.4 Å². The van der Waals surface area contributed by atoms with Crippen LogP contribution in [-0.2, 0) is 32.6 Å². The minimum Gasteiger partial charge on any atom is -0.492 e. The molecule has 254 valence electrons. The standard InChI is InChI=1S/C37H42FN3O5S2/c1-6-46-34-19-13-12-18-32(34)41(48(44,45)30-22-20-29(47-5)21-23-30)26-35(42)40(25-28-16-10-11-17-31(28)38)33(36(43)39-37(2,3)4)24-27-14-8-7-9-15-27/h7-23,33H,6,24-26H2,1-5H3,(H,39,43)/t33-/m1/s1. The highest BCUT2D eigenvalue weighted by molar-refractivity contribution is 7.98. The van der Waals surface area contributed by atoms with Gasteiger partial charge in [0.05, 0.1) is 17.2 Å². The molecule has 0 aliphatic carbocycles. The number of thioether (sulfide) groups is 1. The number of hydrogen-bond acceptors (Lipinski definition) is 6. The van der Waals surface area contributed by atoms with Crippen LogP contribution in [0.1, 0.15) is 38.8 Å². The van der Waals surface area contributed by atoms with E-state index in [9.17, 15) is 18.0 Å². The van der Waals surface area contributed by atoms with Crippen LogP contribution in [0.3, 0.4) is 0 Å². The molecule has 0 aromatic heterocycles. The molecule has 0 fully saturated rings. The Kier molecular flexibility index (Phi) is 12.3. The quantitative estimate of drug-likeness (QED) is 0.148. The van der Waals surface area contributed by atoms with Crippen molar-refractivity contribution in [2.45, 2.75) is 62.0 Å². The largest absolute Gasteiger partial charge is 0.492 e. The molecule has 0 aliphatic heterocycles. The Bertz CT molecular complexity index is 1800. The molecule has 0 spiro atoms. The summed E-state index contributed by atoms with van der Waals surface area (Å²) in [7, 11) is -4.34. The van der Waals surface area contributed by atoms with Crippen LogP contribution in [0.25, 0.3) is 0 Å². The fourth-order valence-electron chi connectivity index (χ4n) is 5.15. The number of nitrogens with zero attached hydrogens (tertiary/aromatic N) is 2. The molecule has 2 amide bonds. The maximum atomic E-state index is 15.2. The highest BCUT2D eigenvalue weighted by Crippen LogP contribution is 2.33. The summed E-state index contributed by atoms with van der Waals surface area (Å²) in [5, 5.41) is 2.97. The molecule has 8 nitrogen and oxygen atoms in total. The molecule has 4 aromatic carbocycles. The van der Waals surface area contributed by atoms with Gasteiger partial charge >= 0.3 is 0 Å². The number of hydrogen-bond donors (Lipinski definition) is 1. The molecule has 0 aliphatic rings. The van der Waals surface area contributed by atoms with Gasteiger partial charge in [-0.05, 0) is 82.0 Å². The van der Waals surface area contributed by atoms with Crippen LogP contribution in [-0.4, -0.2) is 56.1 Å². The summed E-state index contributed by atoms with van der Waals surface area (Å²) in [5.74, 6) is -1.43. The molecule has 11 heteroatoms. The zero-order valence-corrected chi connectivity index (χ0v) is 29.5. The molecule has 0 heterocycles. The van der Waals surface area contributed by atoms with Crippen molar-refractivity contribution in [3.8, 4) is 5.75 Å².